The molecule has 3 rings (SSSR count). The first-order chi connectivity index (χ1) is 12.1. The molecule has 2 heterocycles. The van der Waals surface area contributed by atoms with E-state index in [1.165, 1.54) is 23.9 Å². The summed E-state index contributed by atoms with van der Waals surface area (Å²) in [5.74, 6) is -0.176. The molecule has 0 fully saturated rings. The molecule has 2 aromatic heterocycles. The summed E-state index contributed by atoms with van der Waals surface area (Å²) in [6, 6.07) is 6.05. The third-order valence-corrected chi connectivity index (χ3v) is 4.40. The van der Waals surface area contributed by atoms with Crippen molar-refractivity contribution in [1.82, 2.24) is 25.1 Å². The number of thioether (sulfide) groups is 1. The minimum Gasteiger partial charge on any atom is -0.350 e. The predicted molar refractivity (Wildman–Crippen MR) is 93.2 cm³/mol. The number of rotatable bonds is 6. The Morgan fingerprint density at radius 2 is 2.00 bits per heavy atom. The number of amides is 1. The largest absolute Gasteiger partial charge is 0.350 e. The second-order valence-electron chi connectivity index (χ2n) is 5.27. The lowest BCUT2D eigenvalue weighted by molar-refractivity contribution is -0.118. The Bertz CT molecular complexity index is 865. The van der Waals surface area contributed by atoms with Crippen molar-refractivity contribution in [3.8, 4) is 11.3 Å². The fraction of sp³-hybridized carbons (Fsp3) is 0.176. The molecule has 0 radical (unpaired) electrons. The van der Waals surface area contributed by atoms with E-state index < -0.39 is 0 Å². The van der Waals surface area contributed by atoms with Gasteiger partial charge in [-0.2, -0.15) is 5.10 Å². The molecule has 1 amide bonds. The number of carbonyl (C=O) groups is 1. The quantitative estimate of drug-likeness (QED) is 0.686. The van der Waals surface area contributed by atoms with Crippen molar-refractivity contribution < 1.29 is 9.18 Å². The Morgan fingerprint density at radius 1 is 1.24 bits per heavy atom. The summed E-state index contributed by atoms with van der Waals surface area (Å²) in [5.41, 5.74) is 2.22. The molecule has 8 heteroatoms. The molecule has 0 saturated heterocycles. The zero-order valence-electron chi connectivity index (χ0n) is 13.5. The van der Waals surface area contributed by atoms with E-state index in [2.05, 4.69) is 20.4 Å². The average Bonchev–Trinajstić information content (AvgIpc) is 3.06. The molecule has 0 unspecified atom stereocenters. The molecule has 6 nitrogen and oxygen atoms in total. The molecule has 0 saturated carbocycles. The van der Waals surface area contributed by atoms with Crippen LogP contribution in [0.5, 0.6) is 0 Å². The maximum absolute atomic E-state index is 12.9. The van der Waals surface area contributed by atoms with Gasteiger partial charge in [0.1, 0.15) is 5.82 Å². The molecule has 0 aliphatic heterocycles. The minimum absolute atomic E-state index is 0.128. The van der Waals surface area contributed by atoms with E-state index in [4.69, 9.17) is 0 Å². The third kappa shape index (κ3) is 4.63. The summed E-state index contributed by atoms with van der Waals surface area (Å²) >= 11 is 1.35. The summed E-state index contributed by atoms with van der Waals surface area (Å²) in [6.07, 6.45) is 6.76. The van der Waals surface area contributed by atoms with Gasteiger partial charge in [-0.1, -0.05) is 0 Å². The van der Waals surface area contributed by atoms with Crippen LogP contribution in [0.3, 0.4) is 0 Å². The van der Waals surface area contributed by atoms with E-state index in [0.29, 0.717) is 11.4 Å². The van der Waals surface area contributed by atoms with Gasteiger partial charge < -0.3 is 5.32 Å². The van der Waals surface area contributed by atoms with E-state index in [1.807, 2.05) is 13.2 Å². The molecular formula is C17H16FN5OS. The lowest BCUT2D eigenvalue weighted by Gasteiger charge is -2.08. The average molecular weight is 357 g/mol. The summed E-state index contributed by atoms with van der Waals surface area (Å²) in [5, 5.41) is 6.96. The fourth-order valence-corrected chi connectivity index (χ4v) is 2.92. The Hall–Kier alpha value is -2.74. The van der Waals surface area contributed by atoms with E-state index in [-0.39, 0.29) is 24.0 Å². The second-order valence-corrected chi connectivity index (χ2v) is 6.32. The van der Waals surface area contributed by atoms with Gasteiger partial charge in [0, 0.05) is 36.1 Å². The number of aromatic nitrogens is 4. The fourth-order valence-electron chi connectivity index (χ4n) is 2.19. The Morgan fingerprint density at radius 3 is 2.72 bits per heavy atom. The first-order valence-corrected chi connectivity index (χ1v) is 8.54. The van der Waals surface area contributed by atoms with Crippen LogP contribution in [0, 0.1) is 5.82 Å². The number of nitrogens with zero attached hydrogens (tertiary/aromatic N) is 4. The van der Waals surface area contributed by atoms with Crippen LogP contribution in [-0.4, -0.2) is 31.4 Å². The first-order valence-electron chi connectivity index (χ1n) is 7.56. The molecule has 1 aromatic carbocycles. The molecule has 0 spiro atoms. The number of carbonyl (C=O) groups excluding carboxylic acids is 1. The number of halogens is 1. The molecule has 0 aliphatic carbocycles. The van der Waals surface area contributed by atoms with Gasteiger partial charge in [-0.15, -0.1) is 11.8 Å². The highest BCUT2D eigenvalue weighted by atomic mass is 32.2. The van der Waals surface area contributed by atoms with Crippen LogP contribution in [0.1, 0.15) is 5.69 Å². The molecule has 0 atom stereocenters. The maximum Gasteiger partial charge on any atom is 0.230 e. The minimum atomic E-state index is -0.292. The lowest BCUT2D eigenvalue weighted by Crippen LogP contribution is -2.25. The van der Waals surface area contributed by atoms with Crippen molar-refractivity contribution in [1.29, 1.82) is 0 Å². The number of benzene rings is 1. The molecular weight excluding hydrogens is 341 g/mol. The van der Waals surface area contributed by atoms with Gasteiger partial charge in [0.2, 0.25) is 5.91 Å². The standard InChI is InChI=1S/C17H16FN5OS/c1-23-10-12(8-22-23)17-15(19-6-7-20-17)9-21-16(24)11-25-14-4-2-13(18)3-5-14/h2-8,10H,9,11H2,1H3,(H,21,24). The molecule has 25 heavy (non-hydrogen) atoms. The zero-order valence-corrected chi connectivity index (χ0v) is 14.3. The van der Waals surface area contributed by atoms with Crippen LogP contribution in [0.4, 0.5) is 4.39 Å². The predicted octanol–water partition coefficient (Wildman–Crippen LogP) is 2.42. The van der Waals surface area contributed by atoms with Crippen LogP contribution in [-0.2, 0) is 18.4 Å². The SMILES string of the molecule is Cn1cc(-c2nccnc2CNC(=O)CSc2ccc(F)cc2)cn1. The summed E-state index contributed by atoms with van der Waals surface area (Å²) in [7, 11) is 1.83. The van der Waals surface area contributed by atoms with E-state index in [0.717, 1.165) is 10.5 Å². The normalized spacial score (nSPS) is 10.6. The summed E-state index contributed by atoms with van der Waals surface area (Å²) in [6.45, 7) is 0.279. The second kappa shape index (κ2) is 7.89. The highest BCUT2D eigenvalue weighted by Gasteiger charge is 2.11. The monoisotopic (exact) mass is 357 g/mol. The van der Waals surface area contributed by atoms with Gasteiger partial charge in [-0.25, -0.2) is 4.39 Å². The van der Waals surface area contributed by atoms with Gasteiger partial charge in [-0.05, 0) is 24.3 Å². The van der Waals surface area contributed by atoms with Gasteiger partial charge in [0.15, 0.2) is 0 Å². The number of aryl methyl sites for hydroxylation is 1. The molecule has 0 bridgehead atoms. The molecule has 0 aliphatic rings. The first kappa shape index (κ1) is 17.1. The van der Waals surface area contributed by atoms with Gasteiger partial charge in [0.25, 0.3) is 0 Å². The molecule has 128 valence electrons. The Labute approximate surface area is 148 Å². The molecule has 3 aromatic rings. The lowest BCUT2D eigenvalue weighted by atomic mass is 10.2. The zero-order chi connectivity index (χ0) is 17.6. The van der Waals surface area contributed by atoms with Crippen molar-refractivity contribution in [2.45, 2.75) is 11.4 Å². The number of hydrogen-bond donors (Lipinski definition) is 1. The highest BCUT2D eigenvalue weighted by Crippen LogP contribution is 2.19. The third-order valence-electron chi connectivity index (χ3n) is 3.39. The van der Waals surface area contributed by atoms with Crippen LogP contribution >= 0.6 is 11.8 Å². The Balaban J connectivity index is 1.58. The van der Waals surface area contributed by atoms with Crippen molar-refractivity contribution in [2.24, 2.45) is 7.05 Å². The van der Waals surface area contributed by atoms with Crippen LogP contribution < -0.4 is 5.32 Å². The van der Waals surface area contributed by atoms with E-state index in [9.17, 15) is 9.18 Å². The van der Waals surface area contributed by atoms with Gasteiger partial charge in [0.05, 0.1) is 29.9 Å². The van der Waals surface area contributed by atoms with Crippen LogP contribution in [0.25, 0.3) is 11.3 Å². The van der Waals surface area contributed by atoms with E-state index in [1.54, 1.807) is 35.4 Å². The van der Waals surface area contributed by atoms with Crippen molar-refractivity contribution in [3.05, 3.63) is 60.6 Å². The van der Waals surface area contributed by atoms with Crippen molar-refractivity contribution in [3.63, 3.8) is 0 Å². The topological polar surface area (TPSA) is 72.7 Å². The van der Waals surface area contributed by atoms with Crippen LogP contribution in [0.2, 0.25) is 0 Å². The van der Waals surface area contributed by atoms with Crippen LogP contribution in [0.15, 0.2) is 53.9 Å². The van der Waals surface area contributed by atoms with Gasteiger partial charge >= 0.3 is 0 Å². The van der Waals surface area contributed by atoms with E-state index >= 15 is 0 Å². The van der Waals surface area contributed by atoms with Crippen molar-refractivity contribution >= 4 is 17.7 Å². The van der Waals surface area contributed by atoms with Crippen molar-refractivity contribution in [2.75, 3.05) is 5.75 Å². The number of nitrogens with one attached hydrogen (secondary N) is 1. The highest BCUT2D eigenvalue weighted by molar-refractivity contribution is 8.00. The summed E-state index contributed by atoms with van der Waals surface area (Å²) < 4.78 is 14.6. The summed E-state index contributed by atoms with van der Waals surface area (Å²) in [4.78, 5) is 21.5. The smallest absolute Gasteiger partial charge is 0.230 e. The maximum atomic E-state index is 12.9. The molecule has 1 N–H and O–H groups in total. The number of hydrogen-bond acceptors (Lipinski definition) is 5. The van der Waals surface area contributed by atoms with Gasteiger partial charge in [-0.3, -0.25) is 19.4 Å². The Kier molecular flexibility index (Phi) is 5.39.